The summed E-state index contributed by atoms with van der Waals surface area (Å²) in [6, 6.07) is 9.35. The van der Waals surface area contributed by atoms with Crippen LogP contribution in [0.5, 0.6) is 0 Å². The van der Waals surface area contributed by atoms with Crippen molar-refractivity contribution in [2.24, 2.45) is 11.8 Å². The lowest BCUT2D eigenvalue weighted by molar-refractivity contribution is -0.122. The van der Waals surface area contributed by atoms with Crippen molar-refractivity contribution >= 4 is 17.8 Å². The number of allylic oxidation sites excluding steroid dienone is 2. The van der Waals surface area contributed by atoms with Crippen molar-refractivity contribution in [3.8, 4) is 0 Å². The second-order valence-corrected chi connectivity index (χ2v) is 8.63. The number of unbranched alkanes of at least 4 members (excludes halogenated alkanes) is 1. The first-order valence-corrected chi connectivity index (χ1v) is 11.7. The molecule has 0 radical (unpaired) electrons. The van der Waals surface area contributed by atoms with Gasteiger partial charge < -0.3 is 25.2 Å². The first-order valence-electron chi connectivity index (χ1n) is 11.7. The van der Waals surface area contributed by atoms with Gasteiger partial charge in [-0.2, -0.15) is 0 Å². The third-order valence-electron chi connectivity index (χ3n) is 6.31. The van der Waals surface area contributed by atoms with Crippen molar-refractivity contribution in [1.82, 2.24) is 10.6 Å². The van der Waals surface area contributed by atoms with Gasteiger partial charge in [0.25, 0.3) is 0 Å². The number of benzene rings is 1. The molecule has 2 amide bonds. The second kappa shape index (κ2) is 13.1. The number of carbonyl (C=O) groups is 3. The van der Waals surface area contributed by atoms with E-state index in [2.05, 4.69) is 22.8 Å². The third kappa shape index (κ3) is 7.98. The average molecular weight is 459 g/mol. The zero-order valence-corrected chi connectivity index (χ0v) is 18.9. The van der Waals surface area contributed by atoms with Gasteiger partial charge in [0.15, 0.2) is 5.78 Å². The standard InChI is InChI=1S/C25H34N2O6/c28-16-19(29)10-6-1-2-7-11-20-21(23-13-12-22(20)33-23)14-26-24(30)15-27-25(31)32-17-18-8-4-3-5-9-18/h2-5,7-9,20-23,28H,1,6,10-17H2,(H,26,30)(H,27,31)/t20-,21+,22-,23+/m0/s1. The topological polar surface area (TPSA) is 114 Å². The average Bonchev–Trinajstić information content (AvgIpc) is 3.44. The number of carbonyl (C=O) groups excluding carboxylic acids is 3. The molecule has 2 heterocycles. The highest BCUT2D eigenvalue weighted by atomic mass is 16.5. The molecule has 8 nitrogen and oxygen atoms in total. The Hall–Kier alpha value is -2.71. The molecule has 0 aromatic heterocycles. The smallest absolute Gasteiger partial charge is 0.407 e. The number of ketones is 1. The van der Waals surface area contributed by atoms with Gasteiger partial charge in [-0.15, -0.1) is 0 Å². The summed E-state index contributed by atoms with van der Waals surface area (Å²) >= 11 is 0. The number of fused-ring (bicyclic) bond motifs is 2. The highest BCUT2D eigenvalue weighted by Gasteiger charge is 2.47. The summed E-state index contributed by atoms with van der Waals surface area (Å²) in [7, 11) is 0. The number of aliphatic hydroxyl groups is 1. The highest BCUT2D eigenvalue weighted by molar-refractivity contribution is 5.82. The van der Waals surface area contributed by atoms with Crippen LogP contribution in [0.25, 0.3) is 0 Å². The lowest BCUT2D eigenvalue weighted by atomic mass is 9.77. The van der Waals surface area contributed by atoms with Gasteiger partial charge >= 0.3 is 6.09 Å². The van der Waals surface area contributed by atoms with E-state index >= 15 is 0 Å². The van der Waals surface area contributed by atoms with E-state index in [-0.39, 0.29) is 49.6 Å². The maximum absolute atomic E-state index is 12.2. The fourth-order valence-corrected chi connectivity index (χ4v) is 4.57. The number of alkyl carbamates (subject to hydrolysis) is 1. The molecule has 180 valence electrons. The molecule has 8 heteroatoms. The van der Waals surface area contributed by atoms with Crippen molar-refractivity contribution in [2.45, 2.75) is 57.3 Å². The minimum Gasteiger partial charge on any atom is -0.445 e. The summed E-state index contributed by atoms with van der Waals surface area (Å²) in [4.78, 5) is 35.2. The van der Waals surface area contributed by atoms with Crippen LogP contribution in [0.15, 0.2) is 42.5 Å². The molecule has 0 saturated carbocycles. The molecule has 1 aromatic rings. The second-order valence-electron chi connectivity index (χ2n) is 8.63. The molecular formula is C25H34N2O6. The van der Waals surface area contributed by atoms with E-state index in [0.717, 1.165) is 37.7 Å². The molecule has 2 saturated heterocycles. The zero-order valence-electron chi connectivity index (χ0n) is 18.9. The number of nitrogens with one attached hydrogen (secondary N) is 2. The van der Waals surface area contributed by atoms with E-state index in [9.17, 15) is 14.4 Å². The van der Waals surface area contributed by atoms with E-state index in [0.29, 0.717) is 18.9 Å². The van der Waals surface area contributed by atoms with Gasteiger partial charge in [-0.05, 0) is 43.6 Å². The predicted octanol–water partition coefficient (Wildman–Crippen LogP) is 2.50. The number of Topliss-reactive ketones (excluding diaryl/α,β-unsaturated/α-hetero) is 1. The summed E-state index contributed by atoms with van der Waals surface area (Å²) in [5.74, 6) is 0.221. The first kappa shape index (κ1) is 24.9. The Morgan fingerprint density at radius 1 is 1.06 bits per heavy atom. The normalized spacial score (nSPS) is 23.5. The van der Waals surface area contributed by atoms with Crippen LogP contribution < -0.4 is 10.6 Å². The Labute approximate surface area is 194 Å². The number of rotatable bonds is 13. The minimum absolute atomic E-state index is 0.125. The quantitative estimate of drug-likeness (QED) is 0.309. The lowest BCUT2D eigenvalue weighted by Crippen LogP contribution is -2.42. The summed E-state index contributed by atoms with van der Waals surface area (Å²) in [5.41, 5.74) is 0.882. The summed E-state index contributed by atoms with van der Waals surface area (Å²) in [6.07, 6.45) is 8.87. The molecule has 2 aliphatic heterocycles. The molecule has 3 rings (SSSR count). The number of hydrogen-bond donors (Lipinski definition) is 3. The van der Waals surface area contributed by atoms with Crippen LogP contribution in [0.3, 0.4) is 0 Å². The molecule has 0 unspecified atom stereocenters. The summed E-state index contributed by atoms with van der Waals surface area (Å²) in [6.45, 7) is 0.157. The first-order chi connectivity index (χ1) is 16.1. The van der Waals surface area contributed by atoms with E-state index in [1.54, 1.807) is 0 Å². The molecule has 2 bridgehead atoms. The van der Waals surface area contributed by atoms with Gasteiger partial charge in [-0.1, -0.05) is 42.5 Å². The Morgan fingerprint density at radius 3 is 2.58 bits per heavy atom. The van der Waals surface area contributed by atoms with Gasteiger partial charge in [0, 0.05) is 18.9 Å². The highest BCUT2D eigenvalue weighted by Crippen LogP contribution is 2.44. The van der Waals surface area contributed by atoms with Gasteiger partial charge in [0.2, 0.25) is 5.91 Å². The van der Waals surface area contributed by atoms with Crippen molar-refractivity contribution in [2.75, 3.05) is 19.7 Å². The number of hydrogen-bond acceptors (Lipinski definition) is 6. The monoisotopic (exact) mass is 458 g/mol. The number of ether oxygens (including phenoxy) is 2. The van der Waals surface area contributed by atoms with Crippen LogP contribution in [0, 0.1) is 11.8 Å². The number of aliphatic hydroxyl groups excluding tert-OH is 1. The van der Waals surface area contributed by atoms with E-state index in [4.69, 9.17) is 14.6 Å². The largest absolute Gasteiger partial charge is 0.445 e. The molecule has 33 heavy (non-hydrogen) atoms. The maximum atomic E-state index is 12.2. The van der Waals surface area contributed by atoms with Crippen molar-refractivity contribution < 1.29 is 29.0 Å². The van der Waals surface area contributed by atoms with Crippen molar-refractivity contribution in [3.05, 3.63) is 48.0 Å². The van der Waals surface area contributed by atoms with Crippen LogP contribution in [-0.2, 0) is 25.7 Å². The predicted molar refractivity (Wildman–Crippen MR) is 122 cm³/mol. The van der Waals surface area contributed by atoms with Crippen LogP contribution in [0.2, 0.25) is 0 Å². The van der Waals surface area contributed by atoms with Crippen molar-refractivity contribution in [3.63, 3.8) is 0 Å². The SMILES string of the molecule is O=C(CO)CCCC=CC[C@H]1[C@@H](CNC(=O)CNC(=O)OCc2ccccc2)[C@H]2CC[C@@H]1O2. The molecular weight excluding hydrogens is 424 g/mol. The summed E-state index contributed by atoms with van der Waals surface area (Å²) < 4.78 is 11.2. The van der Waals surface area contributed by atoms with E-state index in [1.165, 1.54) is 0 Å². The van der Waals surface area contributed by atoms with E-state index < -0.39 is 6.09 Å². The number of amides is 2. The van der Waals surface area contributed by atoms with Crippen LogP contribution in [0.4, 0.5) is 4.79 Å². The van der Waals surface area contributed by atoms with Crippen LogP contribution in [-0.4, -0.2) is 54.8 Å². The van der Waals surface area contributed by atoms with Gasteiger partial charge in [0.1, 0.15) is 13.2 Å². The molecule has 1 aromatic carbocycles. The fraction of sp³-hybridized carbons (Fsp3) is 0.560. The van der Waals surface area contributed by atoms with Gasteiger partial charge in [0.05, 0.1) is 18.8 Å². The maximum Gasteiger partial charge on any atom is 0.407 e. The Balaban J connectivity index is 1.34. The minimum atomic E-state index is -0.624. The fourth-order valence-electron chi connectivity index (χ4n) is 4.57. The van der Waals surface area contributed by atoms with Gasteiger partial charge in [-0.3, -0.25) is 9.59 Å². The van der Waals surface area contributed by atoms with Crippen LogP contribution >= 0.6 is 0 Å². The molecule has 0 spiro atoms. The van der Waals surface area contributed by atoms with Gasteiger partial charge in [-0.25, -0.2) is 4.79 Å². The van der Waals surface area contributed by atoms with Crippen LogP contribution in [0.1, 0.15) is 44.1 Å². The Bertz CT molecular complexity index is 812. The van der Waals surface area contributed by atoms with Crippen molar-refractivity contribution in [1.29, 1.82) is 0 Å². The molecule has 0 aliphatic carbocycles. The third-order valence-corrected chi connectivity index (χ3v) is 6.31. The molecule has 3 N–H and O–H groups in total. The Morgan fingerprint density at radius 2 is 1.82 bits per heavy atom. The Kier molecular flexibility index (Phi) is 9.90. The molecule has 2 aliphatic rings. The molecule has 4 atom stereocenters. The zero-order chi connectivity index (χ0) is 23.5. The van der Waals surface area contributed by atoms with E-state index in [1.807, 2.05) is 30.3 Å². The summed E-state index contributed by atoms with van der Waals surface area (Å²) in [5, 5.41) is 14.2. The molecule has 2 fully saturated rings. The lowest BCUT2D eigenvalue weighted by Gasteiger charge is -2.27.